The predicted molar refractivity (Wildman–Crippen MR) is 58.6 cm³/mol. The molecule has 1 saturated carbocycles. The number of hydrogen-bond donors (Lipinski definition) is 2. The number of morpholine rings is 1. The number of nitrogens with zero attached hydrogens (tertiary/aromatic N) is 1. The Balaban J connectivity index is 1.85. The molecule has 3 atom stereocenters. The van der Waals surface area contributed by atoms with E-state index in [1.807, 2.05) is 0 Å². The molecule has 0 bridgehead atoms. The second-order valence-electron chi connectivity index (χ2n) is 4.76. The summed E-state index contributed by atoms with van der Waals surface area (Å²) in [7, 11) is 0. The minimum absolute atomic E-state index is 0.187. The molecule has 1 aliphatic heterocycles. The van der Waals surface area contributed by atoms with Gasteiger partial charge >= 0.3 is 0 Å². The van der Waals surface area contributed by atoms with Crippen molar-refractivity contribution in [2.24, 2.45) is 11.7 Å². The summed E-state index contributed by atoms with van der Waals surface area (Å²) in [5.41, 5.74) is 6.06. The van der Waals surface area contributed by atoms with Crippen molar-refractivity contribution in [3.8, 4) is 0 Å². The first-order chi connectivity index (χ1) is 7.31. The van der Waals surface area contributed by atoms with Gasteiger partial charge in [-0.05, 0) is 18.8 Å². The number of hydrogen-bond acceptors (Lipinski definition) is 4. The standard InChI is InChI=1S/C11H22N2O2/c12-11-3-1-2-9(11)6-13-4-5-15-8-10(13)7-14/h9-11,14H,1-8,12H2. The summed E-state index contributed by atoms with van der Waals surface area (Å²) in [6.45, 7) is 3.63. The molecule has 1 aliphatic carbocycles. The maximum absolute atomic E-state index is 9.25. The van der Waals surface area contributed by atoms with Gasteiger partial charge in [-0.15, -0.1) is 0 Å². The van der Waals surface area contributed by atoms with Gasteiger partial charge in [-0.3, -0.25) is 4.90 Å². The summed E-state index contributed by atoms with van der Waals surface area (Å²) in [6, 6.07) is 0.554. The van der Waals surface area contributed by atoms with E-state index in [0.717, 1.165) is 19.7 Å². The molecule has 0 aromatic rings. The molecule has 0 aromatic carbocycles. The first-order valence-corrected chi connectivity index (χ1v) is 5.99. The Labute approximate surface area is 91.4 Å². The summed E-state index contributed by atoms with van der Waals surface area (Å²) in [6.07, 6.45) is 3.68. The number of rotatable bonds is 3. The van der Waals surface area contributed by atoms with Gasteiger partial charge in [-0.25, -0.2) is 0 Å². The number of ether oxygens (including phenoxy) is 1. The fraction of sp³-hybridized carbons (Fsp3) is 1.00. The quantitative estimate of drug-likeness (QED) is 0.683. The molecule has 2 aliphatic rings. The fourth-order valence-corrected chi connectivity index (χ4v) is 2.69. The third kappa shape index (κ3) is 2.69. The monoisotopic (exact) mass is 214 g/mol. The van der Waals surface area contributed by atoms with Crippen LogP contribution in [0.4, 0.5) is 0 Å². The Morgan fingerprint density at radius 2 is 2.27 bits per heavy atom. The maximum Gasteiger partial charge on any atom is 0.0644 e. The molecule has 15 heavy (non-hydrogen) atoms. The van der Waals surface area contributed by atoms with Gasteiger partial charge in [0, 0.05) is 19.1 Å². The van der Waals surface area contributed by atoms with Crippen molar-refractivity contribution in [3.63, 3.8) is 0 Å². The van der Waals surface area contributed by atoms with Crippen LogP contribution in [0.3, 0.4) is 0 Å². The lowest BCUT2D eigenvalue weighted by atomic mass is 10.0. The van der Waals surface area contributed by atoms with E-state index >= 15 is 0 Å². The van der Waals surface area contributed by atoms with Crippen molar-refractivity contribution >= 4 is 0 Å². The van der Waals surface area contributed by atoms with E-state index < -0.39 is 0 Å². The first kappa shape index (κ1) is 11.3. The van der Waals surface area contributed by atoms with E-state index in [9.17, 15) is 5.11 Å². The smallest absolute Gasteiger partial charge is 0.0644 e. The van der Waals surface area contributed by atoms with Crippen molar-refractivity contribution in [3.05, 3.63) is 0 Å². The molecule has 2 fully saturated rings. The van der Waals surface area contributed by atoms with Gasteiger partial charge in [0.1, 0.15) is 0 Å². The van der Waals surface area contributed by atoms with Gasteiger partial charge in [-0.1, -0.05) is 6.42 Å². The molecule has 0 radical (unpaired) electrons. The Bertz CT molecular complexity index is 201. The molecule has 1 saturated heterocycles. The number of nitrogens with two attached hydrogens (primary N) is 1. The van der Waals surface area contributed by atoms with E-state index in [1.165, 1.54) is 19.3 Å². The van der Waals surface area contributed by atoms with Crippen LogP contribution >= 0.6 is 0 Å². The maximum atomic E-state index is 9.25. The SMILES string of the molecule is NC1CCCC1CN1CCOCC1CO. The van der Waals surface area contributed by atoms with Crippen LogP contribution in [0, 0.1) is 5.92 Å². The van der Waals surface area contributed by atoms with Crippen molar-refractivity contribution in [2.45, 2.75) is 31.3 Å². The molecule has 4 heteroatoms. The Kier molecular flexibility index (Phi) is 3.97. The highest BCUT2D eigenvalue weighted by Crippen LogP contribution is 2.25. The lowest BCUT2D eigenvalue weighted by Crippen LogP contribution is -2.50. The average Bonchev–Trinajstić information content (AvgIpc) is 2.65. The highest BCUT2D eigenvalue weighted by Gasteiger charge is 2.29. The van der Waals surface area contributed by atoms with E-state index in [4.69, 9.17) is 10.5 Å². The van der Waals surface area contributed by atoms with Crippen LogP contribution in [-0.4, -0.2) is 55.0 Å². The molecular weight excluding hydrogens is 192 g/mol. The van der Waals surface area contributed by atoms with Crippen LogP contribution in [0.15, 0.2) is 0 Å². The van der Waals surface area contributed by atoms with Crippen LogP contribution in [-0.2, 0) is 4.74 Å². The molecule has 0 spiro atoms. The molecule has 2 rings (SSSR count). The summed E-state index contributed by atoms with van der Waals surface area (Å²) in [4.78, 5) is 2.35. The highest BCUT2D eigenvalue weighted by molar-refractivity contribution is 4.85. The number of aliphatic hydroxyl groups is 1. The third-order valence-corrected chi connectivity index (χ3v) is 3.75. The van der Waals surface area contributed by atoms with Gasteiger partial charge in [0.2, 0.25) is 0 Å². The van der Waals surface area contributed by atoms with Crippen LogP contribution in [0.25, 0.3) is 0 Å². The van der Waals surface area contributed by atoms with Gasteiger partial charge in [0.05, 0.1) is 25.9 Å². The van der Waals surface area contributed by atoms with Crippen LogP contribution in [0.1, 0.15) is 19.3 Å². The van der Waals surface area contributed by atoms with Crippen LogP contribution in [0.5, 0.6) is 0 Å². The first-order valence-electron chi connectivity index (χ1n) is 5.99. The lowest BCUT2D eigenvalue weighted by Gasteiger charge is -2.36. The summed E-state index contributed by atoms with van der Waals surface area (Å²) in [5, 5.41) is 9.25. The predicted octanol–water partition coefficient (Wildman–Crippen LogP) is -0.193. The topological polar surface area (TPSA) is 58.7 Å². The molecule has 0 aromatic heterocycles. The van der Waals surface area contributed by atoms with Crippen molar-refractivity contribution in [2.75, 3.05) is 32.9 Å². The lowest BCUT2D eigenvalue weighted by molar-refractivity contribution is -0.0338. The minimum atomic E-state index is 0.187. The van der Waals surface area contributed by atoms with E-state index in [0.29, 0.717) is 18.6 Å². The summed E-state index contributed by atoms with van der Waals surface area (Å²) >= 11 is 0. The van der Waals surface area contributed by atoms with Gasteiger partial charge in [0.15, 0.2) is 0 Å². The van der Waals surface area contributed by atoms with Crippen molar-refractivity contribution < 1.29 is 9.84 Å². The normalized spacial score (nSPS) is 38.4. The largest absolute Gasteiger partial charge is 0.395 e. The van der Waals surface area contributed by atoms with Gasteiger partial charge in [-0.2, -0.15) is 0 Å². The molecule has 88 valence electrons. The molecule has 0 amide bonds. The van der Waals surface area contributed by atoms with Crippen LogP contribution < -0.4 is 5.73 Å². The molecule has 3 unspecified atom stereocenters. The van der Waals surface area contributed by atoms with E-state index in [2.05, 4.69) is 4.90 Å². The highest BCUT2D eigenvalue weighted by atomic mass is 16.5. The molecular formula is C11H22N2O2. The number of aliphatic hydroxyl groups excluding tert-OH is 1. The second-order valence-corrected chi connectivity index (χ2v) is 4.76. The molecule has 1 heterocycles. The van der Waals surface area contributed by atoms with E-state index in [1.54, 1.807) is 0 Å². The van der Waals surface area contributed by atoms with Gasteiger partial charge < -0.3 is 15.6 Å². The zero-order chi connectivity index (χ0) is 10.7. The fourth-order valence-electron chi connectivity index (χ4n) is 2.69. The van der Waals surface area contributed by atoms with Gasteiger partial charge in [0.25, 0.3) is 0 Å². The second kappa shape index (κ2) is 5.25. The van der Waals surface area contributed by atoms with Crippen molar-refractivity contribution in [1.82, 2.24) is 4.90 Å². The van der Waals surface area contributed by atoms with Crippen molar-refractivity contribution in [1.29, 1.82) is 0 Å². The Morgan fingerprint density at radius 1 is 1.40 bits per heavy atom. The molecule has 3 N–H and O–H groups in total. The third-order valence-electron chi connectivity index (χ3n) is 3.75. The summed E-state index contributed by atoms with van der Waals surface area (Å²) < 4.78 is 5.36. The average molecular weight is 214 g/mol. The van der Waals surface area contributed by atoms with E-state index in [-0.39, 0.29) is 12.6 Å². The Hall–Kier alpha value is -0.160. The zero-order valence-electron chi connectivity index (χ0n) is 9.27. The minimum Gasteiger partial charge on any atom is -0.395 e. The zero-order valence-corrected chi connectivity index (χ0v) is 9.27. The molecule has 4 nitrogen and oxygen atoms in total. The summed E-state index contributed by atoms with van der Waals surface area (Å²) in [5.74, 6) is 0.622. The Morgan fingerprint density at radius 3 is 2.93 bits per heavy atom. The van der Waals surface area contributed by atoms with Crippen LogP contribution in [0.2, 0.25) is 0 Å².